The molecule has 2 nitrogen and oxygen atoms in total. The second-order valence-corrected chi connectivity index (χ2v) is 5.26. The molecule has 2 atom stereocenters. The van der Waals surface area contributed by atoms with Gasteiger partial charge in [-0.05, 0) is 32.1 Å². The molecule has 0 saturated heterocycles. The lowest BCUT2D eigenvalue weighted by atomic mass is 9.95. The Morgan fingerprint density at radius 1 is 1.33 bits per heavy atom. The van der Waals surface area contributed by atoms with E-state index in [1.807, 2.05) is 6.92 Å². The predicted octanol–water partition coefficient (Wildman–Crippen LogP) is 2.90. The molecule has 1 aliphatic rings. The van der Waals surface area contributed by atoms with E-state index < -0.39 is 0 Å². The highest BCUT2D eigenvalue weighted by atomic mass is 16.1. The number of ketones is 1. The minimum absolute atomic E-state index is 0.252. The second kappa shape index (κ2) is 6.26. The highest BCUT2D eigenvalue weighted by Crippen LogP contribution is 2.34. The highest BCUT2D eigenvalue weighted by molar-refractivity contribution is 5.80. The Bertz CT molecular complexity index is 197. The van der Waals surface area contributed by atoms with Gasteiger partial charge >= 0.3 is 0 Å². The first-order chi connectivity index (χ1) is 7.09. The number of carbonyl (C=O) groups is 1. The third kappa shape index (κ3) is 5.93. The maximum Gasteiger partial charge on any atom is 0.135 e. The maximum absolute atomic E-state index is 11.7. The zero-order valence-electron chi connectivity index (χ0n) is 10.2. The van der Waals surface area contributed by atoms with Crippen LogP contribution >= 0.6 is 0 Å². The van der Waals surface area contributed by atoms with Gasteiger partial charge in [0.2, 0.25) is 0 Å². The van der Waals surface area contributed by atoms with Crippen LogP contribution in [0.15, 0.2) is 0 Å². The van der Waals surface area contributed by atoms with Crippen LogP contribution in [0.2, 0.25) is 0 Å². The second-order valence-electron chi connectivity index (χ2n) is 5.26. The molecule has 0 radical (unpaired) electrons. The minimum Gasteiger partial charge on any atom is -0.328 e. The molecular formula is C13H25NO. The lowest BCUT2D eigenvalue weighted by Gasteiger charge is -2.11. The Balaban J connectivity index is 2.03. The average Bonchev–Trinajstić information content (AvgIpc) is 2.96. The molecule has 0 aromatic carbocycles. The zero-order chi connectivity index (χ0) is 11.3. The minimum atomic E-state index is 0.252. The van der Waals surface area contributed by atoms with Crippen LogP contribution in [0.5, 0.6) is 0 Å². The van der Waals surface area contributed by atoms with Gasteiger partial charge in [0.25, 0.3) is 0 Å². The van der Waals surface area contributed by atoms with Gasteiger partial charge in [-0.25, -0.2) is 0 Å². The summed E-state index contributed by atoms with van der Waals surface area (Å²) in [6.45, 7) is 4.09. The Morgan fingerprint density at radius 3 is 2.53 bits per heavy atom. The lowest BCUT2D eigenvalue weighted by molar-refractivity contribution is -0.122. The van der Waals surface area contributed by atoms with E-state index in [9.17, 15) is 4.79 Å². The van der Waals surface area contributed by atoms with Crippen molar-refractivity contribution in [3.05, 3.63) is 0 Å². The topological polar surface area (TPSA) is 43.1 Å². The Kier molecular flexibility index (Phi) is 5.30. The Morgan fingerprint density at radius 2 is 2.00 bits per heavy atom. The molecule has 2 N–H and O–H groups in total. The SMILES string of the molecule is CC(N)CCCC(C)C(=O)CCC1CC1. The summed E-state index contributed by atoms with van der Waals surface area (Å²) in [7, 11) is 0. The normalized spacial score (nSPS) is 19.9. The molecule has 1 aliphatic carbocycles. The van der Waals surface area contributed by atoms with E-state index in [-0.39, 0.29) is 12.0 Å². The lowest BCUT2D eigenvalue weighted by Crippen LogP contribution is -2.16. The van der Waals surface area contributed by atoms with E-state index in [0.29, 0.717) is 5.78 Å². The van der Waals surface area contributed by atoms with Gasteiger partial charge < -0.3 is 5.73 Å². The van der Waals surface area contributed by atoms with Crippen molar-refractivity contribution in [2.75, 3.05) is 0 Å². The fourth-order valence-electron chi connectivity index (χ4n) is 1.91. The molecule has 1 fully saturated rings. The molecule has 0 heterocycles. The molecule has 1 rings (SSSR count). The summed E-state index contributed by atoms with van der Waals surface area (Å²) >= 11 is 0. The summed E-state index contributed by atoms with van der Waals surface area (Å²) in [5.74, 6) is 1.60. The molecule has 1 saturated carbocycles. The third-order valence-corrected chi connectivity index (χ3v) is 3.34. The van der Waals surface area contributed by atoms with E-state index in [1.165, 1.54) is 12.8 Å². The van der Waals surface area contributed by atoms with E-state index in [2.05, 4.69) is 6.92 Å². The maximum atomic E-state index is 11.7. The van der Waals surface area contributed by atoms with Crippen molar-refractivity contribution in [1.82, 2.24) is 0 Å². The van der Waals surface area contributed by atoms with Crippen LogP contribution in [0.3, 0.4) is 0 Å². The molecule has 2 unspecified atom stereocenters. The number of hydrogen-bond donors (Lipinski definition) is 1. The van der Waals surface area contributed by atoms with Crippen LogP contribution in [0.4, 0.5) is 0 Å². The molecule has 15 heavy (non-hydrogen) atoms. The summed E-state index contributed by atoms with van der Waals surface area (Å²) in [6, 6.07) is 0.277. The summed E-state index contributed by atoms with van der Waals surface area (Å²) in [4.78, 5) is 11.7. The quantitative estimate of drug-likeness (QED) is 0.671. The predicted molar refractivity (Wildman–Crippen MR) is 63.6 cm³/mol. The van der Waals surface area contributed by atoms with Crippen molar-refractivity contribution in [3.63, 3.8) is 0 Å². The first-order valence-electron chi connectivity index (χ1n) is 6.38. The average molecular weight is 211 g/mol. The van der Waals surface area contributed by atoms with E-state index in [0.717, 1.165) is 38.0 Å². The van der Waals surface area contributed by atoms with Crippen LogP contribution in [-0.4, -0.2) is 11.8 Å². The molecule has 2 heteroatoms. The fourth-order valence-corrected chi connectivity index (χ4v) is 1.91. The monoisotopic (exact) mass is 211 g/mol. The molecule has 0 amide bonds. The van der Waals surface area contributed by atoms with Gasteiger partial charge in [-0.2, -0.15) is 0 Å². The van der Waals surface area contributed by atoms with Crippen molar-refractivity contribution in [2.45, 2.75) is 64.8 Å². The number of hydrogen-bond acceptors (Lipinski definition) is 2. The van der Waals surface area contributed by atoms with Gasteiger partial charge in [0, 0.05) is 18.4 Å². The molecule has 0 aromatic heterocycles. The fraction of sp³-hybridized carbons (Fsp3) is 0.923. The summed E-state index contributed by atoms with van der Waals surface area (Å²) in [5, 5.41) is 0. The van der Waals surface area contributed by atoms with Crippen molar-refractivity contribution in [2.24, 2.45) is 17.6 Å². The molecule has 0 bridgehead atoms. The largest absolute Gasteiger partial charge is 0.328 e. The molecule has 0 spiro atoms. The Hall–Kier alpha value is -0.370. The summed E-state index contributed by atoms with van der Waals surface area (Å²) in [5.41, 5.74) is 5.68. The standard InChI is InChI=1S/C13H25NO/c1-10(4-3-5-11(2)14)13(15)9-8-12-6-7-12/h10-12H,3-9,14H2,1-2H3. The van der Waals surface area contributed by atoms with Crippen LogP contribution in [0, 0.1) is 11.8 Å². The van der Waals surface area contributed by atoms with Gasteiger partial charge in [-0.3, -0.25) is 4.79 Å². The Labute approximate surface area is 93.6 Å². The first kappa shape index (κ1) is 12.7. The zero-order valence-corrected chi connectivity index (χ0v) is 10.2. The molecule has 0 aromatic rings. The van der Waals surface area contributed by atoms with Crippen LogP contribution in [0.25, 0.3) is 0 Å². The van der Waals surface area contributed by atoms with Crippen molar-refractivity contribution < 1.29 is 4.79 Å². The van der Waals surface area contributed by atoms with Crippen molar-refractivity contribution in [1.29, 1.82) is 0 Å². The summed E-state index contributed by atoms with van der Waals surface area (Å²) in [6.07, 6.45) is 7.80. The summed E-state index contributed by atoms with van der Waals surface area (Å²) < 4.78 is 0. The van der Waals surface area contributed by atoms with Crippen LogP contribution < -0.4 is 5.73 Å². The van der Waals surface area contributed by atoms with Gasteiger partial charge in [0.15, 0.2) is 0 Å². The smallest absolute Gasteiger partial charge is 0.135 e. The van der Waals surface area contributed by atoms with Crippen molar-refractivity contribution in [3.8, 4) is 0 Å². The molecular weight excluding hydrogens is 186 g/mol. The number of carbonyl (C=O) groups excluding carboxylic acids is 1. The third-order valence-electron chi connectivity index (χ3n) is 3.34. The van der Waals surface area contributed by atoms with Gasteiger partial charge in [-0.1, -0.05) is 26.2 Å². The van der Waals surface area contributed by atoms with Gasteiger partial charge in [0.1, 0.15) is 5.78 Å². The van der Waals surface area contributed by atoms with Crippen molar-refractivity contribution >= 4 is 5.78 Å². The molecule has 88 valence electrons. The van der Waals surface area contributed by atoms with E-state index in [4.69, 9.17) is 5.73 Å². The number of rotatable bonds is 8. The van der Waals surface area contributed by atoms with E-state index >= 15 is 0 Å². The highest BCUT2D eigenvalue weighted by Gasteiger charge is 2.23. The van der Waals surface area contributed by atoms with Crippen LogP contribution in [-0.2, 0) is 4.79 Å². The first-order valence-corrected chi connectivity index (χ1v) is 6.38. The molecule has 0 aliphatic heterocycles. The van der Waals surface area contributed by atoms with Gasteiger partial charge in [-0.15, -0.1) is 0 Å². The number of Topliss-reactive ketones (excluding diaryl/α,β-unsaturated/α-hetero) is 1. The number of nitrogens with two attached hydrogens (primary N) is 1. The van der Waals surface area contributed by atoms with Crippen LogP contribution in [0.1, 0.15) is 58.8 Å². The van der Waals surface area contributed by atoms with E-state index in [1.54, 1.807) is 0 Å². The van der Waals surface area contributed by atoms with Gasteiger partial charge in [0.05, 0.1) is 0 Å².